The molecule has 11 heteroatoms. The first-order valence-electron chi connectivity index (χ1n) is 11.5. The molecule has 0 N–H and O–H groups in total. The Kier molecular flexibility index (Phi) is 7.94. The largest absolute Gasteiger partial charge is 0.483 e. The monoisotopic (exact) mass is 520 g/mol. The van der Waals surface area contributed by atoms with Gasteiger partial charge in [0.2, 0.25) is 5.43 Å². The first-order chi connectivity index (χ1) is 16.7. The molecule has 1 atom stereocenters. The number of rotatable bonds is 8. The summed E-state index contributed by atoms with van der Waals surface area (Å²) in [5.41, 5.74) is -0.795. The molecule has 0 saturated carbocycles. The highest BCUT2D eigenvalue weighted by atomic mass is 32.2. The molecular formula is C25H32N2O8S. The zero-order chi connectivity index (χ0) is 26.8. The van der Waals surface area contributed by atoms with Crippen LogP contribution >= 0.6 is 0 Å². The van der Waals surface area contributed by atoms with Gasteiger partial charge in [0, 0.05) is 12.1 Å². The molecule has 0 aliphatic carbocycles. The van der Waals surface area contributed by atoms with Gasteiger partial charge < -0.3 is 18.9 Å². The molecule has 2 aromatic rings. The zero-order valence-corrected chi connectivity index (χ0v) is 22.1. The van der Waals surface area contributed by atoms with Gasteiger partial charge in [0.05, 0.1) is 18.5 Å². The van der Waals surface area contributed by atoms with Crippen LogP contribution in [0.15, 0.2) is 41.2 Å². The number of pyridine rings is 1. The Bertz CT molecular complexity index is 1290. The van der Waals surface area contributed by atoms with E-state index in [1.165, 1.54) is 9.47 Å². The topological polar surface area (TPSA) is 121 Å². The van der Waals surface area contributed by atoms with Gasteiger partial charge in [-0.25, -0.2) is 4.79 Å². The maximum absolute atomic E-state index is 13.6. The molecule has 1 aromatic carbocycles. The van der Waals surface area contributed by atoms with Crippen LogP contribution in [0.2, 0.25) is 0 Å². The van der Waals surface area contributed by atoms with Crippen molar-refractivity contribution in [2.24, 2.45) is 0 Å². The highest BCUT2D eigenvalue weighted by Crippen LogP contribution is 2.32. The number of benzene rings is 1. The third-order valence-corrected chi connectivity index (χ3v) is 5.93. The Labute approximate surface area is 210 Å². The summed E-state index contributed by atoms with van der Waals surface area (Å²) in [5, 5.41) is 0. The number of carbonyl (C=O) groups excluding carboxylic acids is 2. The predicted molar refractivity (Wildman–Crippen MR) is 132 cm³/mol. The van der Waals surface area contributed by atoms with Crippen molar-refractivity contribution in [1.29, 1.82) is 0 Å². The van der Waals surface area contributed by atoms with E-state index in [2.05, 4.69) is 0 Å². The number of hydrogen-bond donors (Lipinski definition) is 0. The van der Waals surface area contributed by atoms with Crippen LogP contribution in [0.25, 0.3) is 0 Å². The van der Waals surface area contributed by atoms with Crippen LogP contribution in [0.3, 0.4) is 0 Å². The Hall–Kier alpha value is -3.18. The number of ether oxygens (including phenoxy) is 2. The second-order valence-corrected chi connectivity index (χ2v) is 11.5. The minimum atomic E-state index is -3.88. The average Bonchev–Trinajstić information content (AvgIpc) is 2.76. The normalized spacial score (nSPS) is 16.1. The quantitative estimate of drug-likeness (QED) is 0.385. The molecular weight excluding hydrogens is 488 g/mol. The lowest BCUT2D eigenvalue weighted by atomic mass is 10.1. The number of esters is 1. The van der Waals surface area contributed by atoms with E-state index in [9.17, 15) is 22.8 Å². The van der Waals surface area contributed by atoms with Crippen LogP contribution in [0.5, 0.6) is 5.75 Å². The van der Waals surface area contributed by atoms with Crippen molar-refractivity contribution in [2.45, 2.75) is 65.5 Å². The molecule has 36 heavy (non-hydrogen) atoms. The number of nitrogens with zero attached hydrogens (tertiary/aromatic N) is 2. The van der Waals surface area contributed by atoms with Crippen molar-refractivity contribution >= 4 is 22.0 Å². The predicted octanol–water partition coefficient (Wildman–Crippen LogP) is 2.65. The number of carbonyl (C=O) groups is 2. The molecule has 1 unspecified atom stereocenters. The summed E-state index contributed by atoms with van der Waals surface area (Å²) >= 11 is 0. The van der Waals surface area contributed by atoms with Gasteiger partial charge >= 0.3 is 5.97 Å². The number of fused-ring (bicyclic) bond motifs is 1. The molecule has 0 radical (unpaired) electrons. The van der Waals surface area contributed by atoms with Gasteiger partial charge in [-0.3, -0.25) is 13.8 Å². The maximum Gasteiger partial charge on any atom is 0.331 e. The maximum atomic E-state index is 13.6. The van der Waals surface area contributed by atoms with Gasteiger partial charge in [-0.1, -0.05) is 30.3 Å². The van der Waals surface area contributed by atoms with Crippen LogP contribution in [0, 0.1) is 0 Å². The molecule has 0 spiro atoms. The summed E-state index contributed by atoms with van der Waals surface area (Å²) in [6.45, 7) is 8.15. The Morgan fingerprint density at radius 2 is 1.75 bits per heavy atom. The lowest BCUT2D eigenvalue weighted by molar-refractivity contribution is -0.160. The van der Waals surface area contributed by atoms with Gasteiger partial charge in [0.25, 0.3) is 16.0 Å². The van der Waals surface area contributed by atoms with Gasteiger partial charge in [0.1, 0.15) is 24.9 Å². The molecule has 196 valence electrons. The van der Waals surface area contributed by atoms with E-state index in [0.29, 0.717) is 0 Å². The summed E-state index contributed by atoms with van der Waals surface area (Å²) in [6, 6.07) is 8.86. The van der Waals surface area contributed by atoms with E-state index in [1.54, 1.807) is 34.6 Å². The zero-order valence-electron chi connectivity index (χ0n) is 21.3. The Balaban J connectivity index is 2.21. The minimum absolute atomic E-state index is 0.00826. The van der Waals surface area contributed by atoms with Crippen molar-refractivity contribution in [3.63, 3.8) is 0 Å². The van der Waals surface area contributed by atoms with E-state index in [0.717, 1.165) is 17.9 Å². The summed E-state index contributed by atoms with van der Waals surface area (Å²) in [7, 11) is -3.88. The number of aromatic nitrogens is 1. The van der Waals surface area contributed by atoms with E-state index in [1.807, 2.05) is 30.3 Å². The SMILES string of the molecule is CC(C)N1CC(C(=O)OC(C)(C)C)n2c(COS(C)(=O)=O)cc(=O)c(OCc3ccccc3)c2C1=O. The smallest absolute Gasteiger partial charge is 0.331 e. The van der Waals surface area contributed by atoms with Crippen molar-refractivity contribution < 1.29 is 31.7 Å². The van der Waals surface area contributed by atoms with Crippen LogP contribution < -0.4 is 10.2 Å². The number of hydrogen-bond acceptors (Lipinski definition) is 8. The van der Waals surface area contributed by atoms with Crippen LogP contribution in [0.4, 0.5) is 0 Å². The van der Waals surface area contributed by atoms with E-state index < -0.39 is 45.7 Å². The minimum Gasteiger partial charge on any atom is -0.483 e. The molecule has 1 aliphatic rings. The van der Waals surface area contributed by atoms with Crippen molar-refractivity contribution in [1.82, 2.24) is 9.47 Å². The van der Waals surface area contributed by atoms with Crippen molar-refractivity contribution in [2.75, 3.05) is 12.8 Å². The molecule has 3 rings (SSSR count). The molecule has 1 aromatic heterocycles. The second kappa shape index (κ2) is 10.4. The summed E-state index contributed by atoms with van der Waals surface area (Å²) < 4.78 is 41.1. The van der Waals surface area contributed by atoms with Gasteiger partial charge in [-0.05, 0) is 40.2 Å². The van der Waals surface area contributed by atoms with E-state index in [-0.39, 0.29) is 36.3 Å². The van der Waals surface area contributed by atoms with Gasteiger partial charge in [0.15, 0.2) is 11.4 Å². The fourth-order valence-corrected chi connectivity index (χ4v) is 4.18. The lowest BCUT2D eigenvalue weighted by Crippen LogP contribution is -2.51. The standard InChI is InChI=1S/C25H32N2O8S/c1-16(2)26-13-19(24(30)35-25(3,4)5)27-18(15-34-36(6,31)32)12-20(28)22(21(27)23(26)29)33-14-17-10-8-7-9-11-17/h7-12,16,19H,13-15H2,1-6H3. The Morgan fingerprint density at radius 3 is 2.31 bits per heavy atom. The van der Waals surface area contributed by atoms with Crippen LogP contribution in [-0.2, 0) is 37.0 Å². The third-order valence-electron chi connectivity index (χ3n) is 5.38. The van der Waals surface area contributed by atoms with Crippen LogP contribution in [0.1, 0.15) is 62.4 Å². The van der Waals surface area contributed by atoms with Crippen molar-refractivity contribution in [3.8, 4) is 5.75 Å². The molecule has 1 aliphatic heterocycles. The van der Waals surface area contributed by atoms with Gasteiger partial charge in [-0.15, -0.1) is 0 Å². The summed E-state index contributed by atoms with van der Waals surface area (Å²) in [5.74, 6) is -1.39. The molecule has 2 heterocycles. The first kappa shape index (κ1) is 27.4. The van der Waals surface area contributed by atoms with Gasteiger partial charge in [-0.2, -0.15) is 8.42 Å². The fourth-order valence-electron chi connectivity index (χ4n) is 3.84. The van der Waals surface area contributed by atoms with Crippen LogP contribution in [-0.4, -0.2) is 54.2 Å². The third kappa shape index (κ3) is 6.52. The second-order valence-electron chi connectivity index (χ2n) is 9.89. The summed E-state index contributed by atoms with van der Waals surface area (Å²) in [4.78, 5) is 41.6. The average molecular weight is 521 g/mol. The fraction of sp³-hybridized carbons (Fsp3) is 0.480. The lowest BCUT2D eigenvalue weighted by Gasteiger charge is -2.39. The molecule has 0 saturated heterocycles. The molecule has 1 amide bonds. The molecule has 10 nitrogen and oxygen atoms in total. The van der Waals surface area contributed by atoms with E-state index in [4.69, 9.17) is 13.7 Å². The Morgan fingerprint density at radius 1 is 1.11 bits per heavy atom. The molecule has 0 fully saturated rings. The first-order valence-corrected chi connectivity index (χ1v) is 13.3. The van der Waals surface area contributed by atoms with Crippen molar-refractivity contribution in [3.05, 3.63) is 63.6 Å². The highest BCUT2D eigenvalue weighted by molar-refractivity contribution is 7.85. The summed E-state index contributed by atoms with van der Waals surface area (Å²) in [6.07, 6.45) is 0.872. The number of amides is 1. The molecule has 0 bridgehead atoms. The van der Waals surface area contributed by atoms with E-state index >= 15 is 0 Å². The highest BCUT2D eigenvalue weighted by Gasteiger charge is 2.42.